The van der Waals surface area contributed by atoms with E-state index >= 15 is 0 Å². The van der Waals surface area contributed by atoms with Crippen molar-refractivity contribution >= 4 is 17.2 Å². The highest BCUT2D eigenvalue weighted by atomic mass is 32.1. The van der Waals surface area contributed by atoms with Gasteiger partial charge in [0.1, 0.15) is 5.69 Å². The summed E-state index contributed by atoms with van der Waals surface area (Å²) in [6, 6.07) is 0. The molecule has 0 unspecified atom stereocenters. The average molecular weight is 259 g/mol. The second-order valence-electron chi connectivity index (χ2n) is 4.00. The second kappa shape index (κ2) is 6.06. The predicted molar refractivity (Wildman–Crippen MR) is 64.9 cm³/mol. The van der Waals surface area contributed by atoms with Crippen molar-refractivity contribution in [2.45, 2.75) is 18.9 Å². The number of nitrogens with two attached hydrogens (primary N) is 1. The summed E-state index contributed by atoms with van der Waals surface area (Å²) in [5.74, 6) is -0.407. The number of nitrogens with zero attached hydrogens (tertiary/aromatic N) is 1. The van der Waals surface area contributed by atoms with Crippen LogP contribution in [0.4, 0.5) is 0 Å². The largest absolute Gasteiger partial charge is 0.394 e. The highest BCUT2D eigenvalue weighted by Crippen LogP contribution is 2.11. The third-order valence-electron chi connectivity index (χ3n) is 2.26. The molecule has 1 amide bonds. The summed E-state index contributed by atoms with van der Waals surface area (Å²) < 4.78 is 0. The smallest absolute Gasteiger partial charge is 0.271 e. The number of carbonyl (C=O) groups excluding carboxylic acids is 1. The van der Waals surface area contributed by atoms with E-state index in [1.807, 2.05) is 0 Å². The molecule has 0 saturated carbocycles. The summed E-state index contributed by atoms with van der Waals surface area (Å²) in [5, 5.41) is 23.1. The first-order valence-electron chi connectivity index (χ1n) is 5.23. The van der Waals surface area contributed by atoms with Crippen LogP contribution in [0.1, 0.15) is 22.4 Å². The molecule has 1 aromatic rings. The molecule has 1 aromatic heterocycles. The van der Waals surface area contributed by atoms with Gasteiger partial charge in [0.2, 0.25) is 0 Å². The fourth-order valence-electron chi connectivity index (χ4n) is 1.12. The molecule has 1 heterocycles. The van der Waals surface area contributed by atoms with Gasteiger partial charge in [-0.05, 0) is 13.5 Å². The van der Waals surface area contributed by atoms with E-state index in [1.54, 1.807) is 12.3 Å². The molecule has 0 fully saturated rings. The van der Waals surface area contributed by atoms with E-state index in [9.17, 15) is 4.79 Å². The molecule has 0 radical (unpaired) electrons. The number of aliphatic hydroxyl groups excluding tert-OH is 2. The number of nitrogens with one attached hydrogen (secondary N) is 1. The van der Waals surface area contributed by atoms with E-state index in [0.717, 1.165) is 5.01 Å². The normalized spacial score (nSPS) is 11.5. The molecule has 0 atom stereocenters. The van der Waals surface area contributed by atoms with E-state index in [1.165, 1.54) is 11.3 Å². The summed E-state index contributed by atoms with van der Waals surface area (Å²) in [6.07, 6.45) is 0.634. The lowest BCUT2D eigenvalue weighted by atomic mass is 10.1. The summed E-state index contributed by atoms with van der Waals surface area (Å²) >= 11 is 1.37. The molecule has 0 aliphatic rings. The third-order valence-corrected chi connectivity index (χ3v) is 3.16. The van der Waals surface area contributed by atoms with Crippen molar-refractivity contribution < 1.29 is 15.0 Å². The van der Waals surface area contributed by atoms with Crippen molar-refractivity contribution in [2.24, 2.45) is 5.73 Å². The minimum Gasteiger partial charge on any atom is -0.394 e. The van der Waals surface area contributed by atoms with Crippen LogP contribution in [0.3, 0.4) is 0 Å². The van der Waals surface area contributed by atoms with Gasteiger partial charge >= 0.3 is 0 Å². The number of rotatable bonds is 6. The van der Waals surface area contributed by atoms with Gasteiger partial charge in [0.15, 0.2) is 0 Å². The number of aromatic nitrogens is 1. The molecule has 0 bridgehead atoms. The molecular weight excluding hydrogens is 242 g/mol. The molecule has 96 valence electrons. The van der Waals surface area contributed by atoms with Crippen molar-refractivity contribution in [2.75, 3.05) is 19.8 Å². The first-order valence-corrected chi connectivity index (χ1v) is 6.11. The molecule has 0 aliphatic heterocycles. The Morgan fingerprint density at radius 1 is 1.59 bits per heavy atom. The maximum absolute atomic E-state index is 11.8. The zero-order valence-electron chi connectivity index (χ0n) is 9.64. The van der Waals surface area contributed by atoms with Gasteiger partial charge in [0.25, 0.3) is 5.91 Å². The Hall–Kier alpha value is -1.02. The maximum Gasteiger partial charge on any atom is 0.271 e. The monoisotopic (exact) mass is 259 g/mol. The summed E-state index contributed by atoms with van der Waals surface area (Å²) in [4.78, 5) is 15.9. The molecule has 7 heteroatoms. The third kappa shape index (κ3) is 3.74. The lowest BCUT2D eigenvalue weighted by Crippen LogP contribution is -2.51. The van der Waals surface area contributed by atoms with Crippen LogP contribution in [0.5, 0.6) is 0 Å². The maximum atomic E-state index is 11.8. The lowest BCUT2D eigenvalue weighted by molar-refractivity contribution is 0.0720. The molecule has 0 aromatic carbocycles. The van der Waals surface area contributed by atoms with Crippen LogP contribution in [0.15, 0.2) is 5.38 Å². The predicted octanol–water partition coefficient (Wildman–Crippen LogP) is -0.883. The Balaban J connectivity index is 2.69. The number of carbonyl (C=O) groups is 1. The van der Waals surface area contributed by atoms with Gasteiger partial charge in [0, 0.05) is 11.8 Å². The first-order chi connectivity index (χ1) is 8.04. The van der Waals surface area contributed by atoms with Gasteiger partial charge in [-0.25, -0.2) is 4.98 Å². The fraction of sp³-hybridized carbons (Fsp3) is 0.600. The first kappa shape index (κ1) is 14.0. The summed E-state index contributed by atoms with van der Waals surface area (Å²) in [7, 11) is 0. The van der Waals surface area contributed by atoms with Crippen molar-refractivity contribution in [3.63, 3.8) is 0 Å². The molecule has 5 N–H and O–H groups in total. The number of aliphatic hydroxyl groups is 2. The standard InChI is InChI=1S/C10H17N3O3S/c1-10(5-14,6-15)13-9(16)7-4-17-8(12-7)2-3-11/h4,14-15H,2-3,5-6,11H2,1H3,(H,13,16). The molecule has 6 nitrogen and oxygen atoms in total. The van der Waals surface area contributed by atoms with Gasteiger partial charge in [-0.15, -0.1) is 11.3 Å². The van der Waals surface area contributed by atoms with Crippen LogP contribution >= 0.6 is 11.3 Å². The molecular formula is C10H17N3O3S. The molecule has 0 saturated heterocycles. The Morgan fingerprint density at radius 3 is 2.76 bits per heavy atom. The van der Waals surface area contributed by atoms with Crippen LogP contribution in [-0.2, 0) is 6.42 Å². The minimum absolute atomic E-state index is 0.284. The van der Waals surface area contributed by atoms with Gasteiger partial charge in [0.05, 0.1) is 23.8 Å². The lowest BCUT2D eigenvalue weighted by Gasteiger charge is -2.25. The van der Waals surface area contributed by atoms with Gasteiger partial charge < -0.3 is 21.3 Å². The van der Waals surface area contributed by atoms with Crippen LogP contribution < -0.4 is 11.1 Å². The number of amides is 1. The van der Waals surface area contributed by atoms with E-state index < -0.39 is 11.4 Å². The Morgan fingerprint density at radius 2 is 2.24 bits per heavy atom. The van der Waals surface area contributed by atoms with Crippen LogP contribution in [0.25, 0.3) is 0 Å². The van der Waals surface area contributed by atoms with Crippen molar-refractivity contribution in [1.29, 1.82) is 0 Å². The van der Waals surface area contributed by atoms with E-state index in [-0.39, 0.29) is 18.9 Å². The fourth-order valence-corrected chi connectivity index (χ4v) is 1.91. The zero-order valence-corrected chi connectivity index (χ0v) is 10.5. The van der Waals surface area contributed by atoms with Gasteiger partial charge in [-0.2, -0.15) is 0 Å². The number of thiazole rings is 1. The molecule has 0 spiro atoms. The number of hydrogen-bond acceptors (Lipinski definition) is 6. The average Bonchev–Trinajstić information content (AvgIpc) is 2.78. The number of hydrogen-bond donors (Lipinski definition) is 4. The Labute approximate surface area is 103 Å². The molecule has 17 heavy (non-hydrogen) atoms. The van der Waals surface area contributed by atoms with Crippen LogP contribution in [0, 0.1) is 0 Å². The van der Waals surface area contributed by atoms with E-state index in [2.05, 4.69) is 10.3 Å². The Bertz CT molecular complexity index is 377. The molecule has 0 aliphatic carbocycles. The van der Waals surface area contributed by atoms with Gasteiger partial charge in [-0.1, -0.05) is 0 Å². The Kier molecular flexibility index (Phi) is 5.01. The van der Waals surface area contributed by atoms with Crippen LogP contribution in [-0.4, -0.2) is 46.4 Å². The molecule has 1 rings (SSSR count). The van der Waals surface area contributed by atoms with Crippen LogP contribution in [0.2, 0.25) is 0 Å². The highest BCUT2D eigenvalue weighted by molar-refractivity contribution is 7.09. The van der Waals surface area contributed by atoms with Crippen molar-refractivity contribution in [1.82, 2.24) is 10.3 Å². The van der Waals surface area contributed by atoms with E-state index in [0.29, 0.717) is 13.0 Å². The second-order valence-corrected chi connectivity index (χ2v) is 4.94. The topological polar surface area (TPSA) is 108 Å². The summed E-state index contributed by atoms with van der Waals surface area (Å²) in [5.41, 5.74) is 4.64. The zero-order chi connectivity index (χ0) is 12.9. The highest BCUT2D eigenvalue weighted by Gasteiger charge is 2.26. The SMILES string of the molecule is CC(CO)(CO)NC(=O)c1csc(CCN)n1. The van der Waals surface area contributed by atoms with Crippen molar-refractivity contribution in [3.05, 3.63) is 16.1 Å². The quantitative estimate of drug-likeness (QED) is 0.530. The minimum atomic E-state index is -1.03. The van der Waals surface area contributed by atoms with E-state index in [4.69, 9.17) is 15.9 Å². The summed E-state index contributed by atoms with van der Waals surface area (Å²) in [6.45, 7) is 1.36. The van der Waals surface area contributed by atoms with Gasteiger partial charge in [-0.3, -0.25) is 4.79 Å². The van der Waals surface area contributed by atoms with Crippen molar-refractivity contribution in [3.8, 4) is 0 Å².